The second kappa shape index (κ2) is 8.09. The molecule has 0 aliphatic rings. The molecule has 2 aromatic carbocycles. The molecule has 1 aromatic heterocycles. The van der Waals surface area contributed by atoms with Gasteiger partial charge < -0.3 is 15.4 Å². The van der Waals surface area contributed by atoms with E-state index in [4.69, 9.17) is 0 Å². The first-order valence-corrected chi connectivity index (χ1v) is 8.21. The third kappa shape index (κ3) is 4.46. The zero-order valence-corrected chi connectivity index (χ0v) is 14.9. The lowest BCUT2D eigenvalue weighted by molar-refractivity contribution is 0.0600. The maximum atomic E-state index is 12.4. The van der Waals surface area contributed by atoms with Gasteiger partial charge in [-0.15, -0.1) is 0 Å². The molecule has 0 atom stereocenters. The molecule has 7 heteroatoms. The second-order valence-electron chi connectivity index (χ2n) is 5.75. The Morgan fingerprint density at radius 3 is 2.44 bits per heavy atom. The largest absolute Gasteiger partial charge is 0.465 e. The lowest BCUT2D eigenvalue weighted by atomic mass is 10.2. The fraction of sp³-hybridized carbons (Fsp3) is 0.100. The molecule has 136 valence electrons. The highest BCUT2D eigenvalue weighted by Crippen LogP contribution is 2.18. The van der Waals surface area contributed by atoms with E-state index in [0.29, 0.717) is 17.1 Å². The number of para-hydroxylation sites is 1. The van der Waals surface area contributed by atoms with Gasteiger partial charge in [-0.1, -0.05) is 18.2 Å². The van der Waals surface area contributed by atoms with Crippen LogP contribution in [0, 0.1) is 6.92 Å². The Hall–Kier alpha value is -3.74. The van der Waals surface area contributed by atoms with Crippen LogP contribution in [-0.4, -0.2) is 29.0 Å². The minimum absolute atomic E-state index is 0.238. The number of ether oxygens (including phenoxy) is 1. The molecule has 0 fully saturated rings. The number of anilines is 3. The number of nitrogens with zero attached hydrogens (tertiary/aromatic N) is 2. The van der Waals surface area contributed by atoms with E-state index < -0.39 is 5.97 Å². The summed E-state index contributed by atoms with van der Waals surface area (Å²) in [5.41, 5.74) is 3.09. The lowest BCUT2D eigenvalue weighted by Crippen LogP contribution is -2.15. The number of hydrogen-bond acceptors (Lipinski definition) is 6. The standard InChI is InChI=1S/C20H18N4O3/c1-13-5-3-4-6-16(13)24-19(25)17-11-18(22-12-21-17)23-15-9-7-14(8-10-15)20(26)27-2/h3-12H,1-2H3,(H,24,25)(H,21,22,23). The van der Waals surface area contributed by atoms with Crippen molar-refractivity contribution in [2.75, 3.05) is 17.7 Å². The topological polar surface area (TPSA) is 93.2 Å². The van der Waals surface area contributed by atoms with Gasteiger partial charge in [-0.05, 0) is 42.8 Å². The summed E-state index contributed by atoms with van der Waals surface area (Å²) in [6.45, 7) is 1.92. The molecule has 27 heavy (non-hydrogen) atoms. The van der Waals surface area contributed by atoms with Crippen LogP contribution in [0.15, 0.2) is 60.9 Å². The van der Waals surface area contributed by atoms with Gasteiger partial charge in [0.05, 0.1) is 12.7 Å². The summed E-state index contributed by atoms with van der Waals surface area (Å²) in [6.07, 6.45) is 1.32. The van der Waals surface area contributed by atoms with E-state index in [1.54, 1.807) is 30.3 Å². The third-order valence-electron chi connectivity index (χ3n) is 3.87. The second-order valence-corrected chi connectivity index (χ2v) is 5.75. The minimum Gasteiger partial charge on any atom is -0.465 e. The first-order valence-electron chi connectivity index (χ1n) is 8.21. The summed E-state index contributed by atoms with van der Waals surface area (Å²) in [5.74, 6) is -0.264. The van der Waals surface area contributed by atoms with Crippen molar-refractivity contribution in [3.8, 4) is 0 Å². The summed E-state index contributed by atoms with van der Waals surface area (Å²) in [5, 5.41) is 5.91. The van der Waals surface area contributed by atoms with Crippen molar-refractivity contribution in [1.29, 1.82) is 0 Å². The van der Waals surface area contributed by atoms with Crippen LogP contribution < -0.4 is 10.6 Å². The van der Waals surface area contributed by atoms with Gasteiger partial charge >= 0.3 is 5.97 Å². The molecule has 7 nitrogen and oxygen atoms in total. The van der Waals surface area contributed by atoms with E-state index in [1.807, 2.05) is 31.2 Å². The molecule has 0 saturated heterocycles. The van der Waals surface area contributed by atoms with E-state index in [2.05, 4.69) is 25.3 Å². The average Bonchev–Trinajstić information content (AvgIpc) is 2.70. The first kappa shape index (κ1) is 18.1. The van der Waals surface area contributed by atoms with Crippen molar-refractivity contribution in [3.05, 3.63) is 77.7 Å². The summed E-state index contributed by atoms with van der Waals surface area (Å²) >= 11 is 0. The van der Waals surface area contributed by atoms with Crippen molar-refractivity contribution >= 4 is 29.1 Å². The van der Waals surface area contributed by atoms with Crippen LogP contribution in [0.3, 0.4) is 0 Å². The van der Waals surface area contributed by atoms with Gasteiger partial charge in [0.15, 0.2) is 0 Å². The molecule has 3 rings (SSSR count). The molecule has 1 amide bonds. The number of benzene rings is 2. The van der Waals surface area contributed by atoms with Crippen LogP contribution in [0.25, 0.3) is 0 Å². The van der Waals surface area contributed by atoms with Crippen molar-refractivity contribution in [2.24, 2.45) is 0 Å². The summed E-state index contributed by atoms with van der Waals surface area (Å²) < 4.78 is 4.67. The molecule has 1 heterocycles. The Morgan fingerprint density at radius 2 is 1.74 bits per heavy atom. The zero-order valence-electron chi connectivity index (χ0n) is 14.9. The molecule has 0 radical (unpaired) electrons. The maximum absolute atomic E-state index is 12.4. The number of hydrogen-bond donors (Lipinski definition) is 2. The highest BCUT2D eigenvalue weighted by atomic mass is 16.5. The molecular weight excluding hydrogens is 344 g/mol. The molecule has 3 aromatic rings. The molecule has 2 N–H and O–H groups in total. The summed E-state index contributed by atoms with van der Waals surface area (Å²) in [6, 6.07) is 15.8. The normalized spacial score (nSPS) is 10.1. The van der Waals surface area contributed by atoms with E-state index in [0.717, 1.165) is 11.3 Å². The van der Waals surface area contributed by atoms with Gasteiger partial charge in [0.25, 0.3) is 5.91 Å². The highest BCUT2D eigenvalue weighted by Gasteiger charge is 2.11. The molecule has 0 aliphatic heterocycles. The van der Waals surface area contributed by atoms with Gasteiger partial charge in [0.2, 0.25) is 0 Å². The Kier molecular flexibility index (Phi) is 5.41. The number of carbonyl (C=O) groups excluding carboxylic acids is 2. The average molecular weight is 362 g/mol. The highest BCUT2D eigenvalue weighted by molar-refractivity contribution is 6.03. The number of nitrogens with one attached hydrogen (secondary N) is 2. The smallest absolute Gasteiger partial charge is 0.337 e. The predicted molar refractivity (Wildman–Crippen MR) is 102 cm³/mol. The Bertz CT molecular complexity index is 971. The number of aryl methyl sites for hydroxylation is 1. The van der Waals surface area contributed by atoms with Crippen LogP contribution >= 0.6 is 0 Å². The van der Waals surface area contributed by atoms with Crippen LogP contribution in [0.1, 0.15) is 26.4 Å². The fourth-order valence-electron chi connectivity index (χ4n) is 2.40. The Morgan fingerprint density at radius 1 is 1.00 bits per heavy atom. The lowest BCUT2D eigenvalue weighted by Gasteiger charge is -2.09. The van der Waals surface area contributed by atoms with Gasteiger partial charge in [0, 0.05) is 17.4 Å². The molecule has 0 aliphatic carbocycles. The molecule has 0 saturated carbocycles. The van der Waals surface area contributed by atoms with Gasteiger partial charge in [-0.25, -0.2) is 14.8 Å². The van der Waals surface area contributed by atoms with E-state index >= 15 is 0 Å². The van der Waals surface area contributed by atoms with Crippen molar-refractivity contribution in [2.45, 2.75) is 6.92 Å². The Balaban J connectivity index is 1.72. The number of methoxy groups -OCH3 is 1. The molecule has 0 spiro atoms. The van der Waals surface area contributed by atoms with Gasteiger partial charge in [0.1, 0.15) is 17.8 Å². The maximum Gasteiger partial charge on any atom is 0.337 e. The number of carbonyl (C=O) groups is 2. The molecule has 0 unspecified atom stereocenters. The Labute approximate surface area is 156 Å². The van der Waals surface area contributed by atoms with Crippen LogP contribution in [0.2, 0.25) is 0 Å². The van der Waals surface area contributed by atoms with Crippen molar-refractivity contribution < 1.29 is 14.3 Å². The number of rotatable bonds is 5. The molecular formula is C20H18N4O3. The minimum atomic E-state index is -0.404. The summed E-state index contributed by atoms with van der Waals surface area (Å²) in [4.78, 5) is 32.1. The van der Waals surface area contributed by atoms with Crippen molar-refractivity contribution in [3.63, 3.8) is 0 Å². The summed E-state index contributed by atoms with van der Waals surface area (Å²) in [7, 11) is 1.33. The van der Waals surface area contributed by atoms with Gasteiger partial charge in [-0.2, -0.15) is 0 Å². The van der Waals surface area contributed by atoms with E-state index in [1.165, 1.54) is 13.4 Å². The predicted octanol–water partition coefficient (Wildman–Crippen LogP) is 3.57. The van der Waals surface area contributed by atoms with E-state index in [-0.39, 0.29) is 11.6 Å². The number of esters is 1. The number of amides is 1. The first-order chi connectivity index (χ1) is 13.1. The van der Waals surface area contributed by atoms with E-state index in [9.17, 15) is 9.59 Å². The SMILES string of the molecule is COC(=O)c1ccc(Nc2cc(C(=O)Nc3ccccc3C)ncn2)cc1. The van der Waals surface area contributed by atoms with Crippen LogP contribution in [0.5, 0.6) is 0 Å². The van der Waals surface area contributed by atoms with Crippen LogP contribution in [0.4, 0.5) is 17.2 Å². The number of aromatic nitrogens is 2. The van der Waals surface area contributed by atoms with Crippen molar-refractivity contribution in [1.82, 2.24) is 9.97 Å². The van der Waals surface area contributed by atoms with Gasteiger partial charge in [-0.3, -0.25) is 4.79 Å². The zero-order chi connectivity index (χ0) is 19.2. The fourth-order valence-corrected chi connectivity index (χ4v) is 2.40. The monoisotopic (exact) mass is 362 g/mol. The third-order valence-corrected chi connectivity index (χ3v) is 3.87. The molecule has 0 bridgehead atoms. The van der Waals surface area contributed by atoms with Crippen LogP contribution in [-0.2, 0) is 4.74 Å². The quantitative estimate of drug-likeness (QED) is 0.674.